The zero-order valence-electron chi connectivity index (χ0n) is 11.6. The van der Waals surface area contributed by atoms with E-state index in [1.165, 1.54) is 0 Å². The summed E-state index contributed by atoms with van der Waals surface area (Å²) in [5.74, 6) is 1.06. The van der Waals surface area contributed by atoms with Gasteiger partial charge in [-0.15, -0.1) is 0 Å². The van der Waals surface area contributed by atoms with E-state index in [2.05, 4.69) is 25.3 Å². The molecule has 0 aliphatic carbocycles. The van der Waals surface area contributed by atoms with Gasteiger partial charge in [0, 0.05) is 20.6 Å². The van der Waals surface area contributed by atoms with Gasteiger partial charge in [-0.05, 0) is 18.0 Å². The minimum absolute atomic E-state index is 0.159. The van der Waals surface area contributed by atoms with Crippen LogP contribution in [0.4, 0.5) is 11.8 Å². The molecular weight excluding hydrogens is 280 g/mol. The minimum Gasteiger partial charge on any atom is -0.391 e. The first-order chi connectivity index (χ1) is 9.51. The zero-order valence-corrected chi connectivity index (χ0v) is 12.4. The van der Waals surface area contributed by atoms with Crippen molar-refractivity contribution in [1.82, 2.24) is 19.9 Å². The average Bonchev–Trinajstić information content (AvgIpc) is 2.43. The van der Waals surface area contributed by atoms with Crippen molar-refractivity contribution in [3.05, 3.63) is 11.5 Å². The molecule has 2 aromatic heterocycles. The Morgan fingerprint density at radius 1 is 1.35 bits per heavy atom. The first-order valence-electron chi connectivity index (χ1n) is 6.30. The number of hydrogen-bond acceptors (Lipinski definition) is 7. The second kappa shape index (κ2) is 6.15. The number of aliphatic hydroxyl groups is 1. The normalized spacial score (nSPS) is 12.4. The van der Waals surface area contributed by atoms with Gasteiger partial charge in [0.15, 0.2) is 5.82 Å². The number of halogens is 1. The van der Waals surface area contributed by atoms with Gasteiger partial charge in [-0.3, -0.25) is 0 Å². The number of nitrogens with zero attached hydrogens (tertiary/aromatic N) is 5. The van der Waals surface area contributed by atoms with Crippen molar-refractivity contribution in [3.8, 4) is 0 Å². The van der Waals surface area contributed by atoms with E-state index >= 15 is 0 Å². The van der Waals surface area contributed by atoms with Crippen molar-refractivity contribution < 1.29 is 5.11 Å². The van der Waals surface area contributed by atoms with Gasteiger partial charge in [-0.1, -0.05) is 6.92 Å². The molecule has 20 heavy (non-hydrogen) atoms. The van der Waals surface area contributed by atoms with Crippen LogP contribution in [-0.2, 0) is 0 Å². The van der Waals surface area contributed by atoms with Crippen molar-refractivity contribution in [2.45, 2.75) is 19.4 Å². The molecule has 0 aliphatic heterocycles. The lowest BCUT2D eigenvalue weighted by atomic mass is 10.3. The molecule has 1 unspecified atom stereocenters. The van der Waals surface area contributed by atoms with E-state index in [1.807, 2.05) is 25.9 Å². The quantitative estimate of drug-likeness (QED) is 0.805. The molecule has 8 heteroatoms. The molecule has 2 aromatic rings. The summed E-state index contributed by atoms with van der Waals surface area (Å²) in [5.41, 5.74) is 1.19. The predicted octanol–water partition coefficient (Wildman–Crippen LogP) is 1.32. The second-order valence-corrected chi connectivity index (χ2v) is 4.92. The van der Waals surface area contributed by atoms with Gasteiger partial charge in [-0.25, -0.2) is 15.0 Å². The molecule has 0 fully saturated rings. The fourth-order valence-corrected chi connectivity index (χ4v) is 1.81. The summed E-state index contributed by atoms with van der Waals surface area (Å²) in [5, 5.41) is 12.7. The molecule has 0 radical (unpaired) electrons. The Kier molecular flexibility index (Phi) is 4.51. The van der Waals surface area contributed by atoms with E-state index in [1.54, 1.807) is 6.20 Å². The molecule has 0 aromatic carbocycles. The fraction of sp³-hybridized carbons (Fsp3) is 0.500. The standard InChI is InChI=1S/C12H17ClN6O/c1-4-7(20)5-14-12-15-6-8-9(17-12)10(19(2)3)18-11(13)16-8/h6-7,20H,4-5H2,1-3H3,(H,14,15,17). The highest BCUT2D eigenvalue weighted by Crippen LogP contribution is 2.22. The molecule has 1 atom stereocenters. The number of aromatic nitrogens is 4. The minimum atomic E-state index is -0.427. The largest absolute Gasteiger partial charge is 0.391 e. The van der Waals surface area contributed by atoms with Crippen LogP contribution in [0.15, 0.2) is 6.20 Å². The van der Waals surface area contributed by atoms with Crippen molar-refractivity contribution in [2.75, 3.05) is 30.9 Å². The molecule has 0 bridgehead atoms. The molecular formula is C12H17ClN6O. The van der Waals surface area contributed by atoms with Crippen LogP contribution in [-0.4, -0.2) is 51.8 Å². The molecule has 0 amide bonds. The first kappa shape index (κ1) is 14.7. The average molecular weight is 297 g/mol. The summed E-state index contributed by atoms with van der Waals surface area (Å²) in [6, 6.07) is 0. The van der Waals surface area contributed by atoms with E-state index in [4.69, 9.17) is 11.6 Å². The van der Waals surface area contributed by atoms with Gasteiger partial charge in [0.05, 0.1) is 12.3 Å². The van der Waals surface area contributed by atoms with Crippen LogP contribution in [0.5, 0.6) is 0 Å². The molecule has 2 rings (SSSR count). The number of rotatable bonds is 5. The summed E-state index contributed by atoms with van der Waals surface area (Å²) < 4.78 is 0. The van der Waals surface area contributed by atoms with Crippen LogP contribution in [0, 0.1) is 0 Å². The predicted molar refractivity (Wildman–Crippen MR) is 79.3 cm³/mol. The van der Waals surface area contributed by atoms with Crippen LogP contribution in [0.2, 0.25) is 5.28 Å². The molecule has 2 N–H and O–H groups in total. The summed E-state index contributed by atoms with van der Waals surface area (Å²) in [4.78, 5) is 18.6. The molecule has 0 spiro atoms. The Balaban J connectivity index is 2.37. The van der Waals surface area contributed by atoms with Gasteiger partial charge in [0.25, 0.3) is 0 Å². The maximum absolute atomic E-state index is 9.54. The highest BCUT2D eigenvalue weighted by Gasteiger charge is 2.12. The Morgan fingerprint density at radius 3 is 2.75 bits per heavy atom. The Bertz CT molecular complexity index is 606. The summed E-state index contributed by atoms with van der Waals surface area (Å²) in [6.45, 7) is 2.31. The lowest BCUT2D eigenvalue weighted by Gasteiger charge is -2.14. The van der Waals surface area contributed by atoms with E-state index in [9.17, 15) is 5.11 Å². The smallest absolute Gasteiger partial charge is 0.225 e. The third kappa shape index (κ3) is 3.23. The van der Waals surface area contributed by atoms with Gasteiger partial charge in [0.2, 0.25) is 11.2 Å². The molecule has 2 heterocycles. The summed E-state index contributed by atoms with van der Waals surface area (Å²) in [6.07, 6.45) is 1.83. The Hall–Kier alpha value is -1.73. The van der Waals surface area contributed by atoms with Gasteiger partial charge >= 0.3 is 0 Å². The number of aliphatic hydroxyl groups excluding tert-OH is 1. The van der Waals surface area contributed by atoms with Crippen molar-refractivity contribution in [2.24, 2.45) is 0 Å². The lowest BCUT2D eigenvalue weighted by molar-refractivity contribution is 0.183. The number of nitrogens with one attached hydrogen (secondary N) is 1. The van der Waals surface area contributed by atoms with Crippen LogP contribution in [0.3, 0.4) is 0 Å². The summed E-state index contributed by atoms with van der Waals surface area (Å²) >= 11 is 5.88. The van der Waals surface area contributed by atoms with Crippen LogP contribution >= 0.6 is 11.6 Å². The van der Waals surface area contributed by atoms with Crippen molar-refractivity contribution >= 4 is 34.4 Å². The number of hydrogen-bond donors (Lipinski definition) is 2. The van der Waals surface area contributed by atoms with E-state index in [-0.39, 0.29) is 5.28 Å². The van der Waals surface area contributed by atoms with E-state index in [0.29, 0.717) is 35.8 Å². The molecule has 108 valence electrons. The Labute approximate surface area is 122 Å². The highest BCUT2D eigenvalue weighted by molar-refractivity contribution is 6.28. The third-order valence-electron chi connectivity index (χ3n) is 2.78. The summed E-state index contributed by atoms with van der Waals surface area (Å²) in [7, 11) is 3.71. The van der Waals surface area contributed by atoms with Gasteiger partial charge in [-0.2, -0.15) is 4.98 Å². The molecule has 7 nitrogen and oxygen atoms in total. The SMILES string of the molecule is CCC(O)CNc1ncc2nc(Cl)nc(N(C)C)c2n1. The second-order valence-electron chi connectivity index (χ2n) is 4.58. The number of anilines is 2. The third-order valence-corrected chi connectivity index (χ3v) is 2.95. The van der Waals surface area contributed by atoms with Crippen molar-refractivity contribution in [1.29, 1.82) is 0 Å². The van der Waals surface area contributed by atoms with Crippen LogP contribution in [0.1, 0.15) is 13.3 Å². The fourth-order valence-electron chi connectivity index (χ4n) is 1.64. The van der Waals surface area contributed by atoms with Crippen LogP contribution in [0.25, 0.3) is 11.0 Å². The Morgan fingerprint density at radius 2 is 2.10 bits per heavy atom. The maximum Gasteiger partial charge on any atom is 0.225 e. The monoisotopic (exact) mass is 296 g/mol. The van der Waals surface area contributed by atoms with Crippen LogP contribution < -0.4 is 10.2 Å². The maximum atomic E-state index is 9.54. The topological polar surface area (TPSA) is 87.1 Å². The first-order valence-corrected chi connectivity index (χ1v) is 6.68. The lowest BCUT2D eigenvalue weighted by Crippen LogP contribution is -2.19. The number of fused-ring (bicyclic) bond motifs is 1. The van der Waals surface area contributed by atoms with Gasteiger partial charge in [0.1, 0.15) is 11.0 Å². The molecule has 0 saturated carbocycles. The highest BCUT2D eigenvalue weighted by atomic mass is 35.5. The van der Waals surface area contributed by atoms with E-state index < -0.39 is 6.10 Å². The van der Waals surface area contributed by atoms with Gasteiger partial charge < -0.3 is 15.3 Å². The molecule has 0 aliphatic rings. The molecule has 0 saturated heterocycles. The van der Waals surface area contributed by atoms with Crippen molar-refractivity contribution in [3.63, 3.8) is 0 Å². The zero-order chi connectivity index (χ0) is 14.7. The van der Waals surface area contributed by atoms with E-state index in [0.717, 1.165) is 0 Å².